The molecule has 4 heteroatoms. The lowest BCUT2D eigenvalue weighted by molar-refractivity contribution is 0.0996. The predicted octanol–water partition coefficient (Wildman–Crippen LogP) is 5.10. The van der Waals surface area contributed by atoms with E-state index in [0.29, 0.717) is 6.42 Å². The maximum atomic E-state index is 12.5. The summed E-state index contributed by atoms with van der Waals surface area (Å²) in [6.45, 7) is 0. The molecule has 2 aromatic carbocycles. The SMILES string of the molecule is COc1ccc(Br)c(CC(=O)c2cc3ccccc3s2)c1. The zero-order valence-corrected chi connectivity index (χ0v) is 13.8. The molecule has 0 N–H and O–H groups in total. The van der Waals surface area contributed by atoms with Crippen molar-refractivity contribution in [2.75, 3.05) is 7.11 Å². The predicted molar refractivity (Wildman–Crippen MR) is 90.6 cm³/mol. The highest BCUT2D eigenvalue weighted by Gasteiger charge is 2.13. The standard InChI is InChI=1S/C17H13BrO2S/c1-20-13-6-7-14(18)12(8-13)9-15(19)17-10-11-4-2-3-5-16(11)21-17/h2-8,10H,9H2,1H3. The van der Waals surface area contributed by atoms with Gasteiger partial charge in [-0.2, -0.15) is 0 Å². The van der Waals surface area contributed by atoms with E-state index in [1.54, 1.807) is 18.4 Å². The lowest BCUT2D eigenvalue weighted by Crippen LogP contribution is -2.02. The van der Waals surface area contributed by atoms with E-state index < -0.39 is 0 Å². The highest BCUT2D eigenvalue weighted by molar-refractivity contribution is 9.10. The van der Waals surface area contributed by atoms with Gasteiger partial charge in [0.25, 0.3) is 0 Å². The molecule has 0 radical (unpaired) electrons. The molecular formula is C17H13BrO2S. The number of hydrogen-bond donors (Lipinski definition) is 0. The van der Waals surface area contributed by atoms with Crippen LogP contribution in [0.4, 0.5) is 0 Å². The zero-order chi connectivity index (χ0) is 14.8. The second-order valence-corrected chi connectivity index (χ2v) is 6.64. The maximum absolute atomic E-state index is 12.5. The number of ketones is 1. The Balaban J connectivity index is 1.89. The Morgan fingerprint density at radius 2 is 2.00 bits per heavy atom. The highest BCUT2D eigenvalue weighted by atomic mass is 79.9. The van der Waals surface area contributed by atoms with Crippen molar-refractivity contribution in [3.63, 3.8) is 0 Å². The van der Waals surface area contributed by atoms with Crippen molar-refractivity contribution in [1.82, 2.24) is 0 Å². The van der Waals surface area contributed by atoms with E-state index in [2.05, 4.69) is 15.9 Å². The Morgan fingerprint density at radius 1 is 1.19 bits per heavy atom. The molecule has 1 heterocycles. The maximum Gasteiger partial charge on any atom is 0.177 e. The minimum atomic E-state index is 0.130. The van der Waals surface area contributed by atoms with Gasteiger partial charge in [-0.1, -0.05) is 34.1 Å². The van der Waals surface area contributed by atoms with Gasteiger partial charge in [-0.05, 0) is 41.3 Å². The van der Waals surface area contributed by atoms with Gasteiger partial charge in [0.05, 0.1) is 12.0 Å². The van der Waals surface area contributed by atoms with E-state index in [0.717, 1.165) is 30.7 Å². The second-order valence-electron chi connectivity index (χ2n) is 4.71. The van der Waals surface area contributed by atoms with Gasteiger partial charge in [0.1, 0.15) is 5.75 Å². The molecule has 0 atom stereocenters. The molecule has 21 heavy (non-hydrogen) atoms. The number of benzene rings is 2. The van der Waals surface area contributed by atoms with E-state index in [1.165, 1.54) is 0 Å². The van der Waals surface area contributed by atoms with Crippen LogP contribution in [-0.2, 0) is 6.42 Å². The number of fused-ring (bicyclic) bond motifs is 1. The number of rotatable bonds is 4. The van der Waals surface area contributed by atoms with Gasteiger partial charge < -0.3 is 4.74 Å². The van der Waals surface area contributed by atoms with Crippen LogP contribution in [0.25, 0.3) is 10.1 Å². The number of ether oxygens (including phenoxy) is 1. The van der Waals surface area contributed by atoms with Gasteiger partial charge in [0.15, 0.2) is 5.78 Å². The molecule has 0 unspecified atom stereocenters. The quantitative estimate of drug-likeness (QED) is 0.605. The summed E-state index contributed by atoms with van der Waals surface area (Å²) in [5, 5.41) is 1.12. The summed E-state index contributed by atoms with van der Waals surface area (Å²) in [5.41, 5.74) is 0.941. The Hall–Kier alpha value is -1.65. The molecule has 0 bridgehead atoms. The molecular weight excluding hydrogens is 348 g/mol. The summed E-state index contributed by atoms with van der Waals surface area (Å²) in [6, 6.07) is 15.7. The van der Waals surface area contributed by atoms with E-state index in [1.807, 2.05) is 48.5 Å². The van der Waals surface area contributed by atoms with Crippen LogP contribution in [0.3, 0.4) is 0 Å². The van der Waals surface area contributed by atoms with Crippen LogP contribution in [0.15, 0.2) is 53.0 Å². The van der Waals surface area contributed by atoms with Crippen LogP contribution >= 0.6 is 27.3 Å². The smallest absolute Gasteiger partial charge is 0.177 e. The number of carbonyl (C=O) groups is 1. The Labute approximate surface area is 135 Å². The number of thiophene rings is 1. The molecule has 2 nitrogen and oxygen atoms in total. The molecule has 1 aromatic heterocycles. The zero-order valence-electron chi connectivity index (χ0n) is 11.4. The van der Waals surface area contributed by atoms with Gasteiger partial charge in [-0.3, -0.25) is 4.79 Å². The summed E-state index contributed by atoms with van der Waals surface area (Å²) in [5.74, 6) is 0.891. The normalized spacial score (nSPS) is 10.8. The summed E-state index contributed by atoms with van der Waals surface area (Å²) in [7, 11) is 1.63. The number of Topliss-reactive ketones (excluding diaryl/α,β-unsaturated/α-hetero) is 1. The Bertz CT molecular complexity index is 774. The monoisotopic (exact) mass is 360 g/mol. The van der Waals surface area contributed by atoms with E-state index in [-0.39, 0.29) is 5.78 Å². The largest absolute Gasteiger partial charge is 0.497 e. The van der Waals surface area contributed by atoms with Crippen molar-refractivity contribution >= 4 is 43.1 Å². The highest BCUT2D eigenvalue weighted by Crippen LogP contribution is 2.28. The molecule has 0 aliphatic carbocycles. The summed E-state index contributed by atoms with van der Waals surface area (Å²) in [6.07, 6.45) is 0.366. The first-order valence-electron chi connectivity index (χ1n) is 6.51. The first kappa shape index (κ1) is 14.3. The lowest BCUT2D eigenvalue weighted by atomic mass is 10.1. The lowest BCUT2D eigenvalue weighted by Gasteiger charge is -2.06. The van der Waals surface area contributed by atoms with Gasteiger partial charge >= 0.3 is 0 Å². The van der Waals surface area contributed by atoms with Crippen molar-refractivity contribution < 1.29 is 9.53 Å². The van der Waals surface area contributed by atoms with Crippen LogP contribution in [-0.4, -0.2) is 12.9 Å². The van der Waals surface area contributed by atoms with Crippen LogP contribution in [0.5, 0.6) is 5.75 Å². The molecule has 0 aliphatic rings. The van der Waals surface area contributed by atoms with Crippen molar-refractivity contribution in [1.29, 1.82) is 0 Å². The van der Waals surface area contributed by atoms with Crippen LogP contribution in [0, 0.1) is 0 Å². The third kappa shape index (κ3) is 3.01. The van der Waals surface area contributed by atoms with Crippen LogP contribution < -0.4 is 4.74 Å². The summed E-state index contributed by atoms with van der Waals surface area (Å²) < 4.78 is 7.29. The topological polar surface area (TPSA) is 26.3 Å². The average Bonchev–Trinajstić information content (AvgIpc) is 2.93. The first-order chi connectivity index (χ1) is 10.2. The molecule has 0 spiro atoms. The average molecular weight is 361 g/mol. The molecule has 0 amide bonds. The fraction of sp³-hybridized carbons (Fsp3) is 0.118. The van der Waals surface area contributed by atoms with Gasteiger partial charge in [-0.25, -0.2) is 0 Å². The third-order valence-electron chi connectivity index (χ3n) is 3.30. The fourth-order valence-corrected chi connectivity index (χ4v) is 3.58. The molecule has 3 rings (SSSR count). The van der Waals surface area contributed by atoms with Crippen molar-refractivity contribution in [3.8, 4) is 5.75 Å². The molecule has 0 fully saturated rings. The van der Waals surface area contributed by atoms with E-state index in [4.69, 9.17) is 4.74 Å². The number of carbonyl (C=O) groups excluding carboxylic acids is 1. The number of methoxy groups -OCH3 is 1. The van der Waals surface area contributed by atoms with Gasteiger partial charge in [-0.15, -0.1) is 11.3 Å². The van der Waals surface area contributed by atoms with E-state index >= 15 is 0 Å². The molecule has 0 saturated heterocycles. The molecule has 3 aromatic rings. The Morgan fingerprint density at radius 3 is 2.76 bits per heavy atom. The van der Waals surface area contributed by atoms with Crippen molar-refractivity contribution in [3.05, 3.63) is 63.4 Å². The van der Waals surface area contributed by atoms with Gasteiger partial charge in [0.2, 0.25) is 0 Å². The molecule has 0 saturated carbocycles. The fourth-order valence-electron chi connectivity index (χ4n) is 2.19. The minimum absolute atomic E-state index is 0.130. The minimum Gasteiger partial charge on any atom is -0.497 e. The molecule has 0 aliphatic heterocycles. The second kappa shape index (κ2) is 6.00. The first-order valence-corrected chi connectivity index (χ1v) is 8.12. The van der Waals surface area contributed by atoms with Crippen molar-refractivity contribution in [2.45, 2.75) is 6.42 Å². The van der Waals surface area contributed by atoms with E-state index in [9.17, 15) is 4.79 Å². The van der Waals surface area contributed by atoms with Crippen molar-refractivity contribution in [2.24, 2.45) is 0 Å². The van der Waals surface area contributed by atoms with Crippen LogP contribution in [0.2, 0.25) is 0 Å². The summed E-state index contributed by atoms with van der Waals surface area (Å²) >= 11 is 5.04. The molecule has 106 valence electrons. The number of halogens is 1. The Kier molecular flexibility index (Phi) is 4.08. The number of hydrogen-bond acceptors (Lipinski definition) is 3. The third-order valence-corrected chi connectivity index (χ3v) is 5.23. The summed E-state index contributed by atoms with van der Waals surface area (Å²) in [4.78, 5) is 13.3. The van der Waals surface area contributed by atoms with Crippen LogP contribution in [0.1, 0.15) is 15.2 Å². The van der Waals surface area contributed by atoms with Gasteiger partial charge in [0, 0.05) is 15.6 Å².